The van der Waals surface area contributed by atoms with Crippen LogP contribution in [0.15, 0.2) is 23.2 Å². The van der Waals surface area contributed by atoms with Crippen molar-refractivity contribution in [3.05, 3.63) is 29.3 Å². The van der Waals surface area contributed by atoms with Crippen molar-refractivity contribution in [1.82, 2.24) is 15.5 Å². The summed E-state index contributed by atoms with van der Waals surface area (Å²) in [6.45, 7) is 12.9. The van der Waals surface area contributed by atoms with Gasteiger partial charge in [0, 0.05) is 51.0 Å². The summed E-state index contributed by atoms with van der Waals surface area (Å²) in [6.07, 6.45) is 0.660. The molecule has 2 heterocycles. The molecule has 1 aromatic carbocycles. The monoisotopic (exact) mass is 421 g/mol. The second-order valence-electron chi connectivity index (χ2n) is 8.05. The highest BCUT2D eigenvalue weighted by molar-refractivity contribution is 7.91. The van der Waals surface area contributed by atoms with Crippen molar-refractivity contribution >= 4 is 21.5 Å². The van der Waals surface area contributed by atoms with E-state index >= 15 is 0 Å². The predicted molar refractivity (Wildman–Crippen MR) is 121 cm³/mol. The minimum absolute atomic E-state index is 0.0288. The summed E-state index contributed by atoms with van der Waals surface area (Å²) in [4.78, 5) is 9.60. The van der Waals surface area contributed by atoms with Crippen LogP contribution in [0.1, 0.15) is 24.5 Å². The summed E-state index contributed by atoms with van der Waals surface area (Å²) in [5.41, 5.74) is 4.08. The SMILES string of the molecule is CCNC(=NCCN1CCN(c2cccc(C)c2C)CC1)NC1CCS(=O)(=O)C1. The van der Waals surface area contributed by atoms with E-state index in [-0.39, 0.29) is 17.5 Å². The lowest BCUT2D eigenvalue weighted by atomic mass is 10.1. The Labute approximate surface area is 175 Å². The van der Waals surface area contributed by atoms with Gasteiger partial charge in [-0.1, -0.05) is 12.1 Å². The summed E-state index contributed by atoms with van der Waals surface area (Å²) in [5, 5.41) is 6.52. The highest BCUT2D eigenvalue weighted by Gasteiger charge is 2.28. The van der Waals surface area contributed by atoms with E-state index in [4.69, 9.17) is 0 Å². The zero-order valence-electron chi connectivity index (χ0n) is 17.9. The molecule has 2 aliphatic rings. The molecule has 0 aliphatic carbocycles. The van der Waals surface area contributed by atoms with E-state index in [1.54, 1.807) is 0 Å². The van der Waals surface area contributed by atoms with Gasteiger partial charge in [-0.05, 0) is 44.4 Å². The summed E-state index contributed by atoms with van der Waals surface area (Å²) in [7, 11) is -2.89. The van der Waals surface area contributed by atoms with Crippen LogP contribution in [0.3, 0.4) is 0 Å². The van der Waals surface area contributed by atoms with Crippen molar-refractivity contribution in [2.24, 2.45) is 4.99 Å². The van der Waals surface area contributed by atoms with Crippen molar-refractivity contribution < 1.29 is 8.42 Å². The van der Waals surface area contributed by atoms with Gasteiger partial charge in [-0.25, -0.2) is 8.42 Å². The van der Waals surface area contributed by atoms with Crippen LogP contribution >= 0.6 is 0 Å². The Bertz CT molecular complexity index is 816. The van der Waals surface area contributed by atoms with Gasteiger partial charge < -0.3 is 15.5 Å². The van der Waals surface area contributed by atoms with Crippen LogP contribution in [0.4, 0.5) is 5.69 Å². The van der Waals surface area contributed by atoms with E-state index in [9.17, 15) is 8.42 Å². The van der Waals surface area contributed by atoms with Gasteiger partial charge in [-0.2, -0.15) is 0 Å². The van der Waals surface area contributed by atoms with Crippen LogP contribution < -0.4 is 15.5 Å². The second kappa shape index (κ2) is 9.80. The second-order valence-corrected chi connectivity index (χ2v) is 10.3. The van der Waals surface area contributed by atoms with Crippen LogP contribution in [0.25, 0.3) is 0 Å². The number of aliphatic imine (C=N–C) groups is 1. The molecule has 29 heavy (non-hydrogen) atoms. The lowest BCUT2D eigenvalue weighted by molar-refractivity contribution is 0.265. The third kappa shape index (κ3) is 6.09. The van der Waals surface area contributed by atoms with Gasteiger partial charge in [0.05, 0.1) is 18.1 Å². The molecule has 162 valence electrons. The predicted octanol–water partition coefficient (Wildman–Crippen LogP) is 1.17. The largest absolute Gasteiger partial charge is 0.369 e. The Morgan fingerprint density at radius 2 is 1.97 bits per heavy atom. The lowest BCUT2D eigenvalue weighted by Gasteiger charge is -2.36. The fraction of sp³-hybridized carbons (Fsp3) is 0.667. The van der Waals surface area contributed by atoms with Gasteiger partial charge in [-0.15, -0.1) is 0 Å². The average Bonchev–Trinajstić information content (AvgIpc) is 3.03. The number of anilines is 1. The maximum atomic E-state index is 11.7. The molecule has 1 aromatic rings. The molecule has 1 unspecified atom stereocenters. The smallest absolute Gasteiger partial charge is 0.191 e. The van der Waals surface area contributed by atoms with Crippen molar-refractivity contribution in [3.63, 3.8) is 0 Å². The molecule has 2 saturated heterocycles. The topological polar surface area (TPSA) is 77.0 Å². The Balaban J connectivity index is 1.46. The molecule has 3 rings (SSSR count). The third-order valence-electron chi connectivity index (χ3n) is 5.89. The van der Waals surface area contributed by atoms with E-state index in [1.165, 1.54) is 16.8 Å². The molecule has 2 fully saturated rings. The molecule has 7 nitrogen and oxygen atoms in total. The van der Waals surface area contributed by atoms with E-state index in [1.807, 2.05) is 6.92 Å². The van der Waals surface area contributed by atoms with E-state index in [0.717, 1.165) is 45.2 Å². The van der Waals surface area contributed by atoms with Gasteiger partial charge in [0.2, 0.25) is 0 Å². The number of hydrogen-bond acceptors (Lipinski definition) is 5. The molecule has 1 atom stereocenters. The number of hydrogen-bond donors (Lipinski definition) is 2. The van der Waals surface area contributed by atoms with Crippen LogP contribution in [-0.4, -0.2) is 82.6 Å². The van der Waals surface area contributed by atoms with Crippen molar-refractivity contribution in [3.8, 4) is 0 Å². The number of guanidine groups is 1. The van der Waals surface area contributed by atoms with Crippen LogP contribution in [-0.2, 0) is 9.84 Å². The number of sulfone groups is 1. The van der Waals surface area contributed by atoms with E-state index < -0.39 is 9.84 Å². The molecule has 0 aromatic heterocycles. The normalized spacial score (nSPS) is 22.7. The van der Waals surface area contributed by atoms with E-state index in [0.29, 0.717) is 13.0 Å². The molecule has 0 bridgehead atoms. The Morgan fingerprint density at radius 3 is 2.62 bits per heavy atom. The number of benzene rings is 1. The lowest BCUT2D eigenvalue weighted by Crippen LogP contribution is -2.48. The van der Waals surface area contributed by atoms with Gasteiger partial charge in [-0.3, -0.25) is 9.89 Å². The van der Waals surface area contributed by atoms with Crippen molar-refractivity contribution in [2.45, 2.75) is 33.2 Å². The Kier molecular flexibility index (Phi) is 7.40. The highest BCUT2D eigenvalue weighted by atomic mass is 32.2. The summed E-state index contributed by atoms with van der Waals surface area (Å²) in [6, 6.07) is 6.51. The standard InChI is InChI=1S/C21H35N5O2S/c1-4-22-21(24-19-8-15-29(27,28)16-19)23-9-10-25-11-13-26(14-12-25)20-7-5-6-17(2)18(20)3/h5-7,19H,4,8-16H2,1-3H3,(H2,22,23,24). The summed E-state index contributed by atoms with van der Waals surface area (Å²) < 4.78 is 23.3. The summed E-state index contributed by atoms with van der Waals surface area (Å²) >= 11 is 0. The fourth-order valence-electron chi connectivity index (χ4n) is 4.02. The first kappa shape index (κ1) is 21.9. The number of nitrogens with one attached hydrogen (secondary N) is 2. The minimum Gasteiger partial charge on any atom is -0.369 e. The first-order valence-electron chi connectivity index (χ1n) is 10.7. The molecule has 0 radical (unpaired) electrons. The van der Waals surface area contributed by atoms with Gasteiger partial charge in [0.15, 0.2) is 15.8 Å². The van der Waals surface area contributed by atoms with Crippen LogP contribution in [0, 0.1) is 13.8 Å². The zero-order chi connectivity index (χ0) is 20.9. The minimum atomic E-state index is -2.89. The number of aryl methyl sites for hydroxylation is 1. The highest BCUT2D eigenvalue weighted by Crippen LogP contribution is 2.23. The van der Waals surface area contributed by atoms with E-state index in [2.05, 4.69) is 57.5 Å². The molecule has 2 N–H and O–H groups in total. The Hall–Kier alpha value is -1.80. The maximum absolute atomic E-state index is 11.7. The fourth-order valence-corrected chi connectivity index (χ4v) is 5.69. The molecule has 8 heteroatoms. The van der Waals surface area contributed by atoms with Gasteiger partial charge in [0.25, 0.3) is 0 Å². The number of rotatable bonds is 6. The third-order valence-corrected chi connectivity index (χ3v) is 7.66. The molecule has 2 aliphatic heterocycles. The van der Waals surface area contributed by atoms with Crippen LogP contribution in [0.2, 0.25) is 0 Å². The molecule has 0 saturated carbocycles. The Morgan fingerprint density at radius 1 is 1.21 bits per heavy atom. The number of nitrogens with zero attached hydrogens (tertiary/aromatic N) is 3. The first-order valence-corrected chi connectivity index (χ1v) is 12.5. The molecular weight excluding hydrogens is 386 g/mol. The average molecular weight is 422 g/mol. The molecule has 0 spiro atoms. The van der Waals surface area contributed by atoms with Crippen molar-refractivity contribution in [1.29, 1.82) is 0 Å². The van der Waals surface area contributed by atoms with Crippen molar-refractivity contribution in [2.75, 3.05) is 62.2 Å². The van der Waals surface area contributed by atoms with Gasteiger partial charge in [0.1, 0.15) is 0 Å². The quantitative estimate of drug-likeness (QED) is 0.530. The summed E-state index contributed by atoms with van der Waals surface area (Å²) in [5.74, 6) is 1.20. The first-order chi connectivity index (χ1) is 13.9. The maximum Gasteiger partial charge on any atom is 0.191 e. The van der Waals surface area contributed by atoms with Crippen LogP contribution in [0.5, 0.6) is 0 Å². The molecule has 0 amide bonds. The molecular formula is C21H35N5O2S. The van der Waals surface area contributed by atoms with Gasteiger partial charge >= 0.3 is 0 Å². The number of piperazine rings is 1. The zero-order valence-corrected chi connectivity index (χ0v) is 18.8.